The molecule has 12 heavy (non-hydrogen) atoms. The van der Waals surface area contributed by atoms with Gasteiger partial charge in [0.05, 0.1) is 5.60 Å². The van der Waals surface area contributed by atoms with Crippen LogP contribution in [0.3, 0.4) is 0 Å². The Kier molecular flexibility index (Phi) is 1.77. The summed E-state index contributed by atoms with van der Waals surface area (Å²) < 4.78 is 5.56. The molecule has 0 amide bonds. The normalized spacial score (nSPS) is 52.3. The lowest BCUT2D eigenvalue weighted by atomic mass is 9.86. The Balaban J connectivity index is 2.21. The summed E-state index contributed by atoms with van der Waals surface area (Å²) >= 11 is 0. The van der Waals surface area contributed by atoms with Gasteiger partial charge in [-0.1, -0.05) is 6.08 Å². The SMILES string of the molecule is C=C[C@H]1CC[C@@H]2CC(O)O[C@@]21C. The maximum absolute atomic E-state index is 9.36. The van der Waals surface area contributed by atoms with Gasteiger partial charge >= 0.3 is 0 Å². The van der Waals surface area contributed by atoms with Gasteiger partial charge in [0.15, 0.2) is 6.29 Å². The molecule has 1 saturated heterocycles. The molecule has 0 bridgehead atoms. The van der Waals surface area contributed by atoms with E-state index in [0.29, 0.717) is 11.8 Å². The average Bonchev–Trinajstić information content (AvgIpc) is 2.41. The van der Waals surface area contributed by atoms with Crippen LogP contribution in [0.5, 0.6) is 0 Å². The van der Waals surface area contributed by atoms with Crippen molar-refractivity contribution in [2.24, 2.45) is 11.8 Å². The fraction of sp³-hybridized carbons (Fsp3) is 0.800. The van der Waals surface area contributed by atoms with Gasteiger partial charge in [-0.05, 0) is 25.7 Å². The quantitative estimate of drug-likeness (QED) is 0.604. The first-order valence-electron chi connectivity index (χ1n) is 4.65. The van der Waals surface area contributed by atoms with Crippen LogP contribution >= 0.6 is 0 Å². The minimum absolute atomic E-state index is 0.124. The molecule has 0 aromatic carbocycles. The molecule has 1 aliphatic heterocycles. The molecule has 1 heterocycles. The average molecular weight is 168 g/mol. The first-order valence-corrected chi connectivity index (χ1v) is 4.65. The van der Waals surface area contributed by atoms with Crippen molar-refractivity contribution in [2.45, 2.75) is 38.1 Å². The van der Waals surface area contributed by atoms with Gasteiger partial charge in [0.25, 0.3) is 0 Å². The van der Waals surface area contributed by atoms with E-state index in [4.69, 9.17) is 4.74 Å². The number of hydrogen-bond donors (Lipinski definition) is 1. The molecule has 0 aromatic heterocycles. The first kappa shape index (κ1) is 8.27. The van der Waals surface area contributed by atoms with Gasteiger partial charge in [0, 0.05) is 12.3 Å². The highest BCUT2D eigenvalue weighted by atomic mass is 16.6. The molecule has 1 N–H and O–H groups in total. The molecule has 1 saturated carbocycles. The standard InChI is InChI=1S/C10H16O2/c1-3-7-4-5-8-6-9(11)12-10(7,8)2/h3,7-9,11H,1,4-6H2,2H3/t7-,8+,9?,10+/m0/s1. The zero-order chi connectivity index (χ0) is 8.77. The van der Waals surface area contributed by atoms with E-state index in [-0.39, 0.29) is 5.60 Å². The third-order valence-electron chi connectivity index (χ3n) is 3.53. The van der Waals surface area contributed by atoms with Crippen LogP contribution in [0.4, 0.5) is 0 Å². The van der Waals surface area contributed by atoms with Crippen LogP contribution in [-0.4, -0.2) is 17.0 Å². The van der Waals surface area contributed by atoms with Crippen LogP contribution in [0.15, 0.2) is 12.7 Å². The minimum atomic E-state index is -0.539. The predicted molar refractivity (Wildman–Crippen MR) is 46.5 cm³/mol. The summed E-state index contributed by atoms with van der Waals surface area (Å²) in [6.45, 7) is 5.92. The van der Waals surface area contributed by atoms with Crippen molar-refractivity contribution in [3.8, 4) is 0 Å². The van der Waals surface area contributed by atoms with E-state index in [1.807, 2.05) is 6.08 Å². The highest BCUT2D eigenvalue weighted by Gasteiger charge is 2.52. The van der Waals surface area contributed by atoms with Crippen LogP contribution in [0.1, 0.15) is 26.2 Å². The molecular weight excluding hydrogens is 152 g/mol. The van der Waals surface area contributed by atoms with E-state index in [1.54, 1.807) is 0 Å². The van der Waals surface area contributed by atoms with E-state index in [2.05, 4.69) is 13.5 Å². The number of aliphatic hydroxyl groups is 1. The summed E-state index contributed by atoms with van der Waals surface area (Å²) in [6.07, 6.45) is 4.57. The van der Waals surface area contributed by atoms with Crippen molar-refractivity contribution in [3.63, 3.8) is 0 Å². The van der Waals surface area contributed by atoms with Gasteiger partial charge in [-0.15, -0.1) is 6.58 Å². The molecule has 2 rings (SSSR count). The Labute approximate surface area is 73.2 Å². The molecule has 2 fully saturated rings. The number of hydrogen-bond acceptors (Lipinski definition) is 2. The van der Waals surface area contributed by atoms with Crippen molar-refractivity contribution < 1.29 is 9.84 Å². The van der Waals surface area contributed by atoms with E-state index in [1.165, 1.54) is 6.42 Å². The van der Waals surface area contributed by atoms with Crippen LogP contribution in [0.2, 0.25) is 0 Å². The lowest BCUT2D eigenvalue weighted by Gasteiger charge is -2.28. The minimum Gasteiger partial charge on any atom is -0.368 e. The van der Waals surface area contributed by atoms with Gasteiger partial charge in [-0.3, -0.25) is 0 Å². The second-order valence-electron chi connectivity index (χ2n) is 4.11. The summed E-state index contributed by atoms with van der Waals surface area (Å²) in [4.78, 5) is 0. The monoisotopic (exact) mass is 168 g/mol. The molecule has 2 aliphatic rings. The highest BCUT2D eigenvalue weighted by Crippen LogP contribution is 2.50. The Bertz CT molecular complexity index is 202. The van der Waals surface area contributed by atoms with Crippen molar-refractivity contribution in [1.29, 1.82) is 0 Å². The molecule has 0 spiro atoms. The third-order valence-corrected chi connectivity index (χ3v) is 3.53. The Morgan fingerprint density at radius 2 is 2.33 bits per heavy atom. The summed E-state index contributed by atoms with van der Waals surface area (Å²) in [5.74, 6) is 0.968. The summed E-state index contributed by atoms with van der Waals surface area (Å²) in [7, 11) is 0. The largest absolute Gasteiger partial charge is 0.368 e. The van der Waals surface area contributed by atoms with Gasteiger partial charge in [-0.2, -0.15) is 0 Å². The maximum atomic E-state index is 9.36. The maximum Gasteiger partial charge on any atom is 0.155 e. The fourth-order valence-corrected chi connectivity index (χ4v) is 2.73. The molecule has 1 unspecified atom stereocenters. The van der Waals surface area contributed by atoms with Crippen LogP contribution < -0.4 is 0 Å². The Hall–Kier alpha value is -0.340. The third kappa shape index (κ3) is 0.947. The molecular formula is C10H16O2. The number of ether oxygens (including phenoxy) is 1. The van der Waals surface area contributed by atoms with Gasteiger partial charge in [0.2, 0.25) is 0 Å². The molecule has 2 nitrogen and oxygen atoms in total. The molecule has 68 valence electrons. The second-order valence-corrected chi connectivity index (χ2v) is 4.11. The zero-order valence-corrected chi connectivity index (χ0v) is 7.49. The molecule has 2 heteroatoms. The van der Waals surface area contributed by atoms with Gasteiger partial charge in [-0.25, -0.2) is 0 Å². The molecule has 0 radical (unpaired) electrons. The van der Waals surface area contributed by atoms with E-state index >= 15 is 0 Å². The van der Waals surface area contributed by atoms with Crippen LogP contribution in [0.25, 0.3) is 0 Å². The predicted octanol–water partition coefficient (Wildman–Crippen LogP) is 1.70. The smallest absolute Gasteiger partial charge is 0.155 e. The van der Waals surface area contributed by atoms with Gasteiger partial charge < -0.3 is 9.84 Å². The Morgan fingerprint density at radius 1 is 1.58 bits per heavy atom. The zero-order valence-electron chi connectivity index (χ0n) is 7.49. The lowest BCUT2D eigenvalue weighted by Crippen LogP contribution is -2.33. The van der Waals surface area contributed by atoms with Crippen molar-refractivity contribution >= 4 is 0 Å². The van der Waals surface area contributed by atoms with E-state index in [0.717, 1.165) is 12.8 Å². The molecule has 0 aromatic rings. The molecule has 1 aliphatic carbocycles. The van der Waals surface area contributed by atoms with Crippen LogP contribution in [-0.2, 0) is 4.74 Å². The molecule has 4 atom stereocenters. The fourth-order valence-electron chi connectivity index (χ4n) is 2.73. The number of fused-ring (bicyclic) bond motifs is 1. The number of rotatable bonds is 1. The van der Waals surface area contributed by atoms with Crippen molar-refractivity contribution in [2.75, 3.05) is 0 Å². The van der Waals surface area contributed by atoms with E-state index < -0.39 is 6.29 Å². The summed E-state index contributed by atoms with van der Waals surface area (Å²) in [5, 5.41) is 9.36. The van der Waals surface area contributed by atoms with Crippen LogP contribution in [0, 0.1) is 11.8 Å². The lowest BCUT2D eigenvalue weighted by molar-refractivity contribution is -0.143. The summed E-state index contributed by atoms with van der Waals surface area (Å²) in [6, 6.07) is 0. The Morgan fingerprint density at radius 3 is 3.00 bits per heavy atom. The number of aliphatic hydroxyl groups excluding tert-OH is 1. The van der Waals surface area contributed by atoms with Crippen molar-refractivity contribution in [3.05, 3.63) is 12.7 Å². The summed E-state index contributed by atoms with van der Waals surface area (Å²) in [5.41, 5.74) is -0.124. The van der Waals surface area contributed by atoms with Gasteiger partial charge in [0.1, 0.15) is 0 Å². The highest BCUT2D eigenvalue weighted by molar-refractivity contribution is 5.06. The topological polar surface area (TPSA) is 29.5 Å². The van der Waals surface area contributed by atoms with E-state index in [9.17, 15) is 5.11 Å². The first-order chi connectivity index (χ1) is 5.66. The second kappa shape index (κ2) is 2.57. The van der Waals surface area contributed by atoms with Crippen molar-refractivity contribution in [1.82, 2.24) is 0 Å².